The van der Waals surface area contributed by atoms with Crippen molar-refractivity contribution in [3.8, 4) is 0 Å². The lowest BCUT2D eigenvalue weighted by atomic mass is 10.0. The predicted molar refractivity (Wildman–Crippen MR) is 133 cm³/mol. The normalized spacial score (nSPS) is 19.0. The first-order valence-electron chi connectivity index (χ1n) is 10.9. The topological polar surface area (TPSA) is 92.8 Å². The molecule has 7 nitrogen and oxygen atoms in total. The fourth-order valence-electron chi connectivity index (χ4n) is 3.99. The Balaban J connectivity index is 1.57. The first-order valence-corrected chi connectivity index (χ1v) is 12.5. The van der Waals surface area contributed by atoms with Gasteiger partial charge in [-0.3, -0.25) is 19.3 Å². The summed E-state index contributed by atoms with van der Waals surface area (Å²) in [5.41, 5.74) is 2.27. The van der Waals surface area contributed by atoms with Gasteiger partial charge >= 0.3 is 5.97 Å². The van der Waals surface area contributed by atoms with Gasteiger partial charge in [0.15, 0.2) is 11.9 Å². The van der Waals surface area contributed by atoms with E-state index in [9.17, 15) is 19.2 Å². The number of allylic oxidation sites excluding steroid dienone is 1. The number of β-lactam (4-membered cyclic amide) rings is 1. The molecule has 0 radical (unpaired) electrons. The van der Waals surface area contributed by atoms with Crippen molar-refractivity contribution in [2.24, 2.45) is 0 Å². The molecule has 2 aliphatic heterocycles. The minimum absolute atomic E-state index is 0.118. The lowest BCUT2D eigenvalue weighted by Gasteiger charge is -2.49. The van der Waals surface area contributed by atoms with Crippen molar-refractivity contribution < 1.29 is 23.9 Å². The standard InChI is InChI=1S/C26H23ClN2O5S/c1-2-16-15-35-25-21(28-20(31)13-19(30)14-27)24(32)29(25)22(16)26(33)34-23(17-9-5-3-6-10-17)18-11-7-4-8-12-18/h2-12,21,23,25H,1,13-15H2,(H,28,31)/t21-,25-/m1/s1. The Hall–Kier alpha value is -3.36. The Bertz CT molecular complexity index is 1150. The second kappa shape index (κ2) is 10.9. The van der Waals surface area contributed by atoms with Gasteiger partial charge in [-0.2, -0.15) is 0 Å². The smallest absolute Gasteiger partial charge is 0.356 e. The second-order valence-corrected chi connectivity index (χ2v) is 9.36. The van der Waals surface area contributed by atoms with Crippen LogP contribution in [0.5, 0.6) is 0 Å². The number of Topliss-reactive ketones (excluding diaryl/α,β-unsaturated/α-hetero) is 1. The van der Waals surface area contributed by atoms with Crippen molar-refractivity contribution >= 4 is 46.9 Å². The zero-order valence-corrected chi connectivity index (χ0v) is 20.3. The molecule has 9 heteroatoms. The molecule has 1 fully saturated rings. The molecule has 35 heavy (non-hydrogen) atoms. The highest BCUT2D eigenvalue weighted by Crippen LogP contribution is 2.41. The summed E-state index contributed by atoms with van der Waals surface area (Å²) < 4.78 is 5.98. The molecule has 1 N–H and O–H groups in total. The number of carbonyl (C=O) groups is 4. The van der Waals surface area contributed by atoms with Gasteiger partial charge in [-0.05, 0) is 16.7 Å². The van der Waals surface area contributed by atoms with Gasteiger partial charge in [0.2, 0.25) is 5.91 Å². The van der Waals surface area contributed by atoms with E-state index in [1.54, 1.807) is 0 Å². The van der Waals surface area contributed by atoms with Gasteiger partial charge in [-0.1, -0.05) is 73.3 Å². The maximum atomic E-state index is 13.5. The molecule has 0 saturated carbocycles. The molecule has 0 bridgehead atoms. The monoisotopic (exact) mass is 510 g/mol. The van der Waals surface area contributed by atoms with Crippen LogP contribution in [0.1, 0.15) is 23.7 Å². The third kappa shape index (κ3) is 5.18. The number of esters is 1. The highest BCUT2D eigenvalue weighted by Gasteiger charge is 2.54. The molecule has 4 rings (SSSR count). The van der Waals surface area contributed by atoms with E-state index in [1.807, 2.05) is 60.7 Å². The first kappa shape index (κ1) is 24.8. The number of hydrogen-bond donors (Lipinski definition) is 1. The van der Waals surface area contributed by atoms with Crippen molar-refractivity contribution in [3.05, 3.63) is 95.7 Å². The number of thioether (sulfide) groups is 1. The maximum absolute atomic E-state index is 13.5. The fourth-order valence-corrected chi connectivity index (χ4v) is 5.42. The molecule has 180 valence electrons. The lowest BCUT2D eigenvalue weighted by molar-refractivity contribution is -0.154. The molecule has 2 aromatic rings. The number of amides is 2. The third-order valence-corrected chi connectivity index (χ3v) is 7.29. The SMILES string of the molecule is C=CC1=C(C(=O)OC(c2ccccc2)c2ccccc2)N2C(=O)[C@@H](NC(=O)CC(=O)CCl)[C@H]2SC1. The van der Waals surface area contributed by atoms with E-state index >= 15 is 0 Å². The van der Waals surface area contributed by atoms with E-state index in [2.05, 4.69) is 11.9 Å². The number of nitrogens with zero attached hydrogens (tertiary/aromatic N) is 1. The Morgan fingerprint density at radius 2 is 1.71 bits per heavy atom. The number of rotatable bonds is 9. The van der Waals surface area contributed by atoms with Crippen LogP contribution in [0, 0.1) is 0 Å². The summed E-state index contributed by atoms with van der Waals surface area (Å²) in [7, 11) is 0. The minimum Gasteiger partial charge on any atom is -0.448 e. The summed E-state index contributed by atoms with van der Waals surface area (Å²) in [6, 6.07) is 17.8. The molecule has 2 heterocycles. The van der Waals surface area contributed by atoms with Gasteiger partial charge in [0.25, 0.3) is 5.91 Å². The zero-order chi connectivity index (χ0) is 24.9. The number of nitrogens with one attached hydrogen (secondary N) is 1. The van der Waals surface area contributed by atoms with E-state index in [1.165, 1.54) is 22.7 Å². The van der Waals surface area contributed by atoms with Crippen molar-refractivity contribution in [2.45, 2.75) is 23.9 Å². The Labute approximate surface area is 212 Å². The van der Waals surface area contributed by atoms with E-state index in [0.717, 1.165) is 11.1 Å². The van der Waals surface area contributed by atoms with Gasteiger partial charge in [0.05, 0.1) is 12.3 Å². The van der Waals surface area contributed by atoms with Crippen molar-refractivity contribution in [1.29, 1.82) is 0 Å². The first-order chi connectivity index (χ1) is 16.9. The van der Waals surface area contributed by atoms with Gasteiger partial charge in [-0.25, -0.2) is 4.79 Å². The fraction of sp³-hybridized carbons (Fsp3) is 0.231. The second-order valence-electron chi connectivity index (χ2n) is 7.99. The van der Waals surface area contributed by atoms with Gasteiger partial charge in [-0.15, -0.1) is 23.4 Å². The van der Waals surface area contributed by atoms with Gasteiger partial charge < -0.3 is 10.1 Å². The summed E-state index contributed by atoms with van der Waals surface area (Å²) in [4.78, 5) is 51.4. The summed E-state index contributed by atoms with van der Waals surface area (Å²) in [6.45, 7) is 3.79. The quantitative estimate of drug-likeness (QED) is 0.241. The molecular formula is C26H23ClN2O5S. The van der Waals surface area contributed by atoms with Crippen LogP contribution < -0.4 is 5.32 Å². The highest BCUT2D eigenvalue weighted by molar-refractivity contribution is 8.00. The Kier molecular flexibility index (Phi) is 7.73. The number of carbonyl (C=O) groups excluding carboxylic acids is 4. The van der Waals surface area contributed by atoms with Crippen LogP contribution in [-0.4, -0.2) is 51.5 Å². The summed E-state index contributed by atoms with van der Waals surface area (Å²) in [5.74, 6) is -1.98. The average molecular weight is 511 g/mol. The molecule has 0 aliphatic carbocycles. The van der Waals surface area contributed by atoms with Crippen LogP contribution >= 0.6 is 23.4 Å². The Morgan fingerprint density at radius 1 is 1.11 bits per heavy atom. The predicted octanol–water partition coefficient (Wildman–Crippen LogP) is 3.36. The molecular weight excluding hydrogens is 488 g/mol. The number of halogens is 1. The van der Waals surface area contributed by atoms with Gasteiger partial charge in [0, 0.05) is 5.75 Å². The van der Waals surface area contributed by atoms with Gasteiger partial charge in [0.1, 0.15) is 17.1 Å². The number of fused-ring (bicyclic) bond motifs is 1. The van der Waals surface area contributed by atoms with E-state index < -0.39 is 47.5 Å². The van der Waals surface area contributed by atoms with E-state index in [-0.39, 0.29) is 11.6 Å². The molecule has 2 atom stereocenters. The van der Waals surface area contributed by atoms with Crippen molar-refractivity contribution in [1.82, 2.24) is 10.2 Å². The largest absolute Gasteiger partial charge is 0.448 e. The molecule has 0 unspecified atom stereocenters. The number of ether oxygens (including phenoxy) is 1. The highest BCUT2D eigenvalue weighted by atomic mass is 35.5. The van der Waals surface area contributed by atoms with E-state index in [4.69, 9.17) is 16.3 Å². The van der Waals surface area contributed by atoms with Crippen molar-refractivity contribution in [3.63, 3.8) is 0 Å². The zero-order valence-electron chi connectivity index (χ0n) is 18.7. The summed E-state index contributed by atoms with van der Waals surface area (Å²) in [6.07, 6.45) is 0.464. The molecule has 0 spiro atoms. The molecule has 1 saturated heterocycles. The number of ketones is 1. The van der Waals surface area contributed by atoms with Crippen LogP contribution in [-0.2, 0) is 23.9 Å². The lowest BCUT2D eigenvalue weighted by Crippen LogP contribution is -2.70. The molecule has 0 aromatic heterocycles. The van der Waals surface area contributed by atoms with Crippen LogP contribution in [0.3, 0.4) is 0 Å². The molecule has 2 aromatic carbocycles. The number of alkyl halides is 1. The third-order valence-electron chi connectivity index (χ3n) is 5.69. The summed E-state index contributed by atoms with van der Waals surface area (Å²) in [5, 5.41) is 2.09. The van der Waals surface area contributed by atoms with Crippen LogP contribution in [0.15, 0.2) is 84.6 Å². The minimum atomic E-state index is -0.844. The van der Waals surface area contributed by atoms with Crippen LogP contribution in [0.25, 0.3) is 0 Å². The molecule has 2 aliphatic rings. The molecule has 2 amide bonds. The van der Waals surface area contributed by atoms with Crippen LogP contribution in [0.2, 0.25) is 0 Å². The van der Waals surface area contributed by atoms with Crippen LogP contribution in [0.4, 0.5) is 0 Å². The van der Waals surface area contributed by atoms with E-state index in [0.29, 0.717) is 11.3 Å². The number of benzene rings is 2. The average Bonchev–Trinajstić information content (AvgIpc) is 2.90. The number of hydrogen-bond acceptors (Lipinski definition) is 6. The maximum Gasteiger partial charge on any atom is 0.356 e. The Morgan fingerprint density at radius 3 is 2.26 bits per heavy atom. The van der Waals surface area contributed by atoms with Crippen molar-refractivity contribution in [2.75, 3.05) is 11.6 Å². The summed E-state index contributed by atoms with van der Waals surface area (Å²) >= 11 is 6.86.